The van der Waals surface area contributed by atoms with Crippen LogP contribution in [0, 0.1) is 12.8 Å². The third-order valence-corrected chi connectivity index (χ3v) is 3.79. The molecule has 0 aromatic carbocycles. The summed E-state index contributed by atoms with van der Waals surface area (Å²) in [6.45, 7) is 1.81. The normalized spacial score (nSPS) is 26.0. The van der Waals surface area contributed by atoms with Gasteiger partial charge in [-0.15, -0.1) is 10.2 Å². The van der Waals surface area contributed by atoms with E-state index >= 15 is 0 Å². The Balaban J connectivity index is 1.70. The van der Waals surface area contributed by atoms with Gasteiger partial charge in [0, 0.05) is 18.7 Å². The van der Waals surface area contributed by atoms with E-state index in [0.29, 0.717) is 23.1 Å². The highest BCUT2D eigenvalue weighted by atomic mass is 32.2. The fraction of sp³-hybridized carbons (Fsp3) is 0.800. The van der Waals surface area contributed by atoms with Gasteiger partial charge in [0.25, 0.3) is 5.22 Å². The average Bonchev–Trinajstić information content (AvgIpc) is 2.77. The van der Waals surface area contributed by atoms with Gasteiger partial charge in [-0.2, -0.15) is 0 Å². The van der Waals surface area contributed by atoms with Crippen molar-refractivity contribution >= 4 is 11.8 Å². The van der Waals surface area contributed by atoms with E-state index in [1.165, 1.54) is 19.3 Å². The maximum Gasteiger partial charge on any atom is 0.276 e. The number of aromatic nitrogens is 2. The minimum atomic E-state index is 0.412. The summed E-state index contributed by atoms with van der Waals surface area (Å²) in [5.41, 5.74) is 6.00. The molecule has 2 N–H and O–H groups in total. The van der Waals surface area contributed by atoms with Crippen LogP contribution in [0.5, 0.6) is 0 Å². The maximum absolute atomic E-state index is 6.00. The van der Waals surface area contributed by atoms with E-state index in [0.717, 1.165) is 12.2 Å². The van der Waals surface area contributed by atoms with Gasteiger partial charge in [0.1, 0.15) is 0 Å². The van der Waals surface area contributed by atoms with Gasteiger partial charge in [-0.3, -0.25) is 0 Å². The van der Waals surface area contributed by atoms with Gasteiger partial charge >= 0.3 is 0 Å². The highest BCUT2D eigenvalue weighted by Gasteiger charge is 2.23. The summed E-state index contributed by atoms with van der Waals surface area (Å²) in [6, 6.07) is 0.412. The summed E-state index contributed by atoms with van der Waals surface area (Å²) in [7, 11) is 0. The Morgan fingerprint density at radius 2 is 2.33 bits per heavy atom. The van der Waals surface area contributed by atoms with Crippen molar-refractivity contribution in [2.24, 2.45) is 11.7 Å². The Morgan fingerprint density at radius 3 is 2.93 bits per heavy atom. The minimum absolute atomic E-state index is 0.412. The average molecular weight is 227 g/mol. The topological polar surface area (TPSA) is 64.9 Å². The fourth-order valence-electron chi connectivity index (χ4n) is 2.06. The van der Waals surface area contributed by atoms with Gasteiger partial charge in [-0.1, -0.05) is 18.2 Å². The molecule has 1 aromatic heterocycles. The number of hydrogen-bond donors (Lipinski definition) is 1. The lowest BCUT2D eigenvalue weighted by Gasteiger charge is -2.13. The lowest BCUT2D eigenvalue weighted by atomic mass is 10.0. The van der Waals surface area contributed by atoms with Gasteiger partial charge in [-0.25, -0.2) is 0 Å². The first-order valence-corrected chi connectivity index (χ1v) is 6.43. The number of aryl methyl sites for hydroxylation is 1. The summed E-state index contributed by atoms with van der Waals surface area (Å²) in [6.07, 6.45) is 4.92. The smallest absolute Gasteiger partial charge is 0.276 e. The van der Waals surface area contributed by atoms with Gasteiger partial charge in [-0.05, 0) is 25.2 Å². The van der Waals surface area contributed by atoms with Crippen molar-refractivity contribution in [3.8, 4) is 0 Å². The molecule has 0 spiro atoms. The first-order valence-electron chi connectivity index (χ1n) is 5.44. The second-order valence-corrected chi connectivity index (χ2v) is 5.13. The predicted octanol–water partition coefficient (Wildman–Crippen LogP) is 1.99. The molecule has 0 saturated heterocycles. The molecule has 0 bridgehead atoms. The summed E-state index contributed by atoms with van der Waals surface area (Å²) < 4.78 is 5.28. The van der Waals surface area contributed by atoms with Crippen LogP contribution in [-0.4, -0.2) is 22.0 Å². The van der Waals surface area contributed by atoms with Crippen molar-refractivity contribution in [1.82, 2.24) is 10.2 Å². The SMILES string of the molecule is Cc1nnc(SCCC2CCCC2N)o1. The summed E-state index contributed by atoms with van der Waals surface area (Å²) >= 11 is 1.63. The van der Waals surface area contributed by atoms with Gasteiger partial charge in [0.05, 0.1) is 0 Å². The number of nitrogens with two attached hydrogens (primary N) is 1. The van der Waals surface area contributed by atoms with Crippen molar-refractivity contribution in [2.45, 2.75) is 43.9 Å². The standard InChI is InChI=1S/C10H17N3OS/c1-7-12-13-10(14-7)15-6-5-8-3-2-4-9(8)11/h8-9H,2-6,11H2,1H3. The lowest BCUT2D eigenvalue weighted by molar-refractivity contribution is 0.427. The molecule has 1 aliphatic rings. The quantitative estimate of drug-likeness (QED) is 0.797. The summed E-state index contributed by atoms with van der Waals surface area (Å²) in [5.74, 6) is 2.36. The molecule has 84 valence electrons. The van der Waals surface area contributed by atoms with Crippen LogP contribution < -0.4 is 5.73 Å². The Labute approximate surface area is 94.0 Å². The molecule has 1 heterocycles. The van der Waals surface area contributed by atoms with Gasteiger partial charge in [0.15, 0.2) is 0 Å². The van der Waals surface area contributed by atoms with Crippen LogP contribution >= 0.6 is 11.8 Å². The summed E-state index contributed by atoms with van der Waals surface area (Å²) in [5, 5.41) is 8.41. The Bertz CT molecular complexity index is 315. The first kappa shape index (κ1) is 11.0. The van der Waals surface area contributed by atoms with Crippen molar-refractivity contribution < 1.29 is 4.42 Å². The molecule has 1 fully saturated rings. The second kappa shape index (κ2) is 4.99. The molecule has 1 aromatic rings. The molecule has 0 aliphatic heterocycles. The van der Waals surface area contributed by atoms with Crippen LogP contribution in [0.1, 0.15) is 31.6 Å². The summed E-state index contributed by atoms with van der Waals surface area (Å²) in [4.78, 5) is 0. The van der Waals surface area contributed by atoms with Crippen LogP contribution in [0.25, 0.3) is 0 Å². The second-order valence-electron chi connectivity index (χ2n) is 4.08. The molecule has 15 heavy (non-hydrogen) atoms. The van der Waals surface area contributed by atoms with Crippen molar-refractivity contribution in [3.05, 3.63) is 5.89 Å². The molecular weight excluding hydrogens is 210 g/mol. The van der Waals surface area contributed by atoms with Crippen LogP contribution in [0.2, 0.25) is 0 Å². The molecule has 2 unspecified atom stereocenters. The van der Waals surface area contributed by atoms with E-state index in [9.17, 15) is 0 Å². The molecule has 0 amide bonds. The molecule has 5 heteroatoms. The molecule has 2 atom stereocenters. The molecular formula is C10H17N3OS. The van der Waals surface area contributed by atoms with Crippen LogP contribution in [0.15, 0.2) is 9.64 Å². The van der Waals surface area contributed by atoms with Crippen molar-refractivity contribution in [3.63, 3.8) is 0 Å². The number of nitrogens with zero attached hydrogens (tertiary/aromatic N) is 2. The van der Waals surface area contributed by atoms with E-state index in [1.807, 2.05) is 6.92 Å². The highest BCUT2D eigenvalue weighted by Crippen LogP contribution is 2.29. The van der Waals surface area contributed by atoms with E-state index in [-0.39, 0.29) is 0 Å². The maximum atomic E-state index is 6.00. The number of rotatable bonds is 4. The van der Waals surface area contributed by atoms with Gasteiger partial charge < -0.3 is 10.2 Å². The van der Waals surface area contributed by atoms with Gasteiger partial charge in [0.2, 0.25) is 5.89 Å². The zero-order valence-electron chi connectivity index (χ0n) is 8.98. The lowest BCUT2D eigenvalue weighted by Crippen LogP contribution is -2.24. The largest absolute Gasteiger partial charge is 0.416 e. The zero-order valence-corrected chi connectivity index (χ0v) is 9.80. The zero-order chi connectivity index (χ0) is 10.7. The molecule has 2 rings (SSSR count). The molecule has 1 saturated carbocycles. The van der Waals surface area contributed by atoms with Crippen LogP contribution in [0.3, 0.4) is 0 Å². The predicted molar refractivity (Wildman–Crippen MR) is 59.7 cm³/mol. The highest BCUT2D eigenvalue weighted by molar-refractivity contribution is 7.99. The molecule has 4 nitrogen and oxygen atoms in total. The Morgan fingerprint density at radius 1 is 1.47 bits per heavy atom. The van der Waals surface area contributed by atoms with Crippen LogP contribution in [-0.2, 0) is 0 Å². The van der Waals surface area contributed by atoms with E-state index in [2.05, 4.69) is 10.2 Å². The van der Waals surface area contributed by atoms with Crippen LogP contribution in [0.4, 0.5) is 0 Å². The number of thioether (sulfide) groups is 1. The Kier molecular flexibility index (Phi) is 3.64. The van der Waals surface area contributed by atoms with E-state index in [4.69, 9.17) is 10.2 Å². The Hall–Kier alpha value is -0.550. The van der Waals surface area contributed by atoms with Crippen molar-refractivity contribution in [1.29, 1.82) is 0 Å². The van der Waals surface area contributed by atoms with Crippen molar-refractivity contribution in [2.75, 3.05) is 5.75 Å². The third kappa shape index (κ3) is 2.95. The molecule has 1 aliphatic carbocycles. The minimum Gasteiger partial charge on any atom is -0.416 e. The monoisotopic (exact) mass is 227 g/mol. The van der Waals surface area contributed by atoms with E-state index < -0.39 is 0 Å². The molecule has 0 radical (unpaired) electrons. The fourth-order valence-corrected chi connectivity index (χ4v) is 2.93. The first-order chi connectivity index (χ1) is 7.25. The van der Waals surface area contributed by atoms with E-state index in [1.54, 1.807) is 11.8 Å². The number of hydrogen-bond acceptors (Lipinski definition) is 5. The third-order valence-electron chi connectivity index (χ3n) is 2.94.